The Hall–Kier alpha value is -2.12. The molecule has 0 aromatic heterocycles. The molecule has 0 atom stereocenters. The number of ether oxygens (including phenoxy) is 1. The molecule has 1 aliphatic heterocycles. The number of aliphatic carboxylic acids is 1. The van der Waals surface area contributed by atoms with E-state index >= 15 is 0 Å². The summed E-state index contributed by atoms with van der Waals surface area (Å²) in [5.41, 5.74) is 0.792. The molecule has 0 N–H and O–H groups in total. The van der Waals surface area contributed by atoms with E-state index in [0.29, 0.717) is 17.3 Å². The minimum atomic E-state index is -1.35. The van der Waals surface area contributed by atoms with E-state index in [2.05, 4.69) is 6.58 Å². The standard InChI is InChI=1S/C15H13NO4S2/c1-2-7-20-11-5-3-10(4-6-11)8-12-14(19)16(9-13(17)18)15(21)22-12/h2-6,8H,1,7,9H2,(H,17,18)/p-1/b12-8+. The van der Waals surface area contributed by atoms with Gasteiger partial charge in [-0.1, -0.05) is 48.8 Å². The van der Waals surface area contributed by atoms with E-state index < -0.39 is 18.4 Å². The molecular formula is C15H12NO4S2-. The number of carbonyl (C=O) groups is 2. The molecule has 0 radical (unpaired) electrons. The second kappa shape index (κ2) is 7.24. The van der Waals surface area contributed by atoms with Gasteiger partial charge < -0.3 is 14.6 Å². The van der Waals surface area contributed by atoms with Crippen molar-refractivity contribution < 1.29 is 19.4 Å². The first kappa shape index (κ1) is 16.3. The molecule has 0 unspecified atom stereocenters. The quantitative estimate of drug-likeness (QED) is 0.442. The van der Waals surface area contributed by atoms with Crippen molar-refractivity contribution in [3.05, 3.63) is 47.4 Å². The third kappa shape index (κ3) is 3.96. The van der Waals surface area contributed by atoms with Crippen LogP contribution >= 0.6 is 24.0 Å². The van der Waals surface area contributed by atoms with Crippen LogP contribution in [0.3, 0.4) is 0 Å². The summed E-state index contributed by atoms with van der Waals surface area (Å²) < 4.78 is 5.58. The number of thiocarbonyl (C=S) groups is 1. The van der Waals surface area contributed by atoms with Crippen LogP contribution in [-0.2, 0) is 9.59 Å². The van der Waals surface area contributed by atoms with Gasteiger partial charge in [-0.3, -0.25) is 9.69 Å². The average Bonchev–Trinajstić information content (AvgIpc) is 2.74. The Morgan fingerprint density at radius 3 is 2.68 bits per heavy atom. The van der Waals surface area contributed by atoms with E-state index in [1.807, 2.05) is 0 Å². The monoisotopic (exact) mass is 334 g/mol. The number of hydrogen-bond donors (Lipinski definition) is 0. The molecule has 0 saturated carbocycles. The summed E-state index contributed by atoms with van der Waals surface area (Å²) in [6.45, 7) is 3.45. The Labute approximate surface area is 137 Å². The van der Waals surface area contributed by atoms with Crippen molar-refractivity contribution in [3.63, 3.8) is 0 Å². The van der Waals surface area contributed by atoms with Crippen LogP contribution in [0.4, 0.5) is 0 Å². The van der Waals surface area contributed by atoms with Gasteiger partial charge in [0.05, 0.1) is 17.4 Å². The SMILES string of the molecule is C=CCOc1ccc(/C=C2/SC(=S)N(CC(=O)[O-])C2=O)cc1. The van der Waals surface area contributed by atoms with Crippen molar-refractivity contribution in [1.29, 1.82) is 0 Å². The van der Waals surface area contributed by atoms with E-state index in [-0.39, 0.29) is 4.32 Å². The van der Waals surface area contributed by atoms with E-state index in [4.69, 9.17) is 17.0 Å². The summed E-state index contributed by atoms with van der Waals surface area (Å²) >= 11 is 6.07. The highest BCUT2D eigenvalue weighted by Gasteiger charge is 2.31. The van der Waals surface area contributed by atoms with Gasteiger partial charge in [-0.15, -0.1) is 0 Å². The average molecular weight is 334 g/mol. The molecule has 0 spiro atoms. The molecule has 0 aliphatic carbocycles. The fourth-order valence-electron chi connectivity index (χ4n) is 1.73. The minimum Gasteiger partial charge on any atom is -0.548 e. The second-order valence-corrected chi connectivity index (χ2v) is 5.98. The van der Waals surface area contributed by atoms with Crippen LogP contribution in [0.5, 0.6) is 5.75 Å². The molecule has 1 amide bonds. The van der Waals surface area contributed by atoms with E-state index in [0.717, 1.165) is 22.2 Å². The van der Waals surface area contributed by atoms with Gasteiger partial charge in [-0.2, -0.15) is 0 Å². The molecule has 1 aromatic rings. The Kier molecular flexibility index (Phi) is 5.35. The zero-order chi connectivity index (χ0) is 16.1. The van der Waals surface area contributed by atoms with Gasteiger partial charge in [0, 0.05) is 0 Å². The van der Waals surface area contributed by atoms with Crippen molar-refractivity contribution in [3.8, 4) is 5.75 Å². The lowest BCUT2D eigenvalue weighted by Gasteiger charge is -2.14. The topological polar surface area (TPSA) is 69.7 Å². The van der Waals surface area contributed by atoms with E-state index in [1.54, 1.807) is 36.4 Å². The number of nitrogens with zero attached hydrogens (tertiary/aromatic N) is 1. The molecule has 1 heterocycles. The number of thioether (sulfide) groups is 1. The molecule has 1 aliphatic rings. The maximum absolute atomic E-state index is 12.1. The normalized spacial score (nSPS) is 16.2. The summed E-state index contributed by atoms with van der Waals surface area (Å²) in [4.78, 5) is 24.1. The molecule has 1 fully saturated rings. The van der Waals surface area contributed by atoms with Gasteiger partial charge in [0.15, 0.2) is 0 Å². The Morgan fingerprint density at radius 1 is 1.41 bits per heavy atom. The predicted octanol–water partition coefficient (Wildman–Crippen LogP) is 1.20. The Morgan fingerprint density at radius 2 is 2.09 bits per heavy atom. The predicted molar refractivity (Wildman–Crippen MR) is 87.0 cm³/mol. The molecule has 2 rings (SSSR count). The minimum absolute atomic E-state index is 0.214. The Balaban J connectivity index is 2.12. The van der Waals surface area contributed by atoms with Gasteiger partial charge in [-0.05, 0) is 23.8 Å². The zero-order valence-corrected chi connectivity index (χ0v) is 13.1. The summed E-state index contributed by atoms with van der Waals surface area (Å²) in [6.07, 6.45) is 3.31. The third-order valence-electron chi connectivity index (χ3n) is 2.71. The second-order valence-electron chi connectivity index (χ2n) is 4.31. The van der Waals surface area contributed by atoms with Gasteiger partial charge >= 0.3 is 0 Å². The van der Waals surface area contributed by atoms with Crippen LogP contribution in [0.2, 0.25) is 0 Å². The first-order valence-electron chi connectivity index (χ1n) is 6.30. The number of carboxylic acid groups (broad SMARTS) is 1. The molecule has 5 nitrogen and oxygen atoms in total. The van der Waals surface area contributed by atoms with Crippen molar-refractivity contribution in [2.24, 2.45) is 0 Å². The zero-order valence-electron chi connectivity index (χ0n) is 11.5. The highest BCUT2D eigenvalue weighted by atomic mass is 32.2. The largest absolute Gasteiger partial charge is 0.548 e. The van der Waals surface area contributed by atoms with Crippen LogP contribution < -0.4 is 9.84 Å². The maximum Gasteiger partial charge on any atom is 0.266 e. The van der Waals surface area contributed by atoms with Gasteiger partial charge in [0.2, 0.25) is 0 Å². The summed E-state index contributed by atoms with van der Waals surface area (Å²) in [5, 5.41) is 10.6. The molecule has 22 heavy (non-hydrogen) atoms. The molecular weight excluding hydrogens is 322 g/mol. The van der Waals surface area contributed by atoms with Crippen LogP contribution in [0, 0.1) is 0 Å². The summed E-state index contributed by atoms with van der Waals surface area (Å²) in [6, 6.07) is 7.14. The number of hydrogen-bond acceptors (Lipinski definition) is 6. The van der Waals surface area contributed by atoms with Gasteiger partial charge in [0.1, 0.15) is 16.7 Å². The molecule has 7 heteroatoms. The van der Waals surface area contributed by atoms with Crippen LogP contribution in [-0.4, -0.2) is 34.2 Å². The van der Waals surface area contributed by atoms with Crippen molar-refractivity contribution in [1.82, 2.24) is 4.90 Å². The number of carbonyl (C=O) groups excluding carboxylic acids is 2. The lowest BCUT2D eigenvalue weighted by molar-refractivity contribution is -0.305. The molecule has 0 bridgehead atoms. The van der Waals surface area contributed by atoms with Gasteiger partial charge in [-0.25, -0.2) is 0 Å². The van der Waals surface area contributed by atoms with Crippen LogP contribution in [0.15, 0.2) is 41.8 Å². The smallest absolute Gasteiger partial charge is 0.266 e. The van der Waals surface area contributed by atoms with Crippen molar-refractivity contribution >= 4 is 46.3 Å². The summed E-state index contributed by atoms with van der Waals surface area (Å²) in [5.74, 6) is -1.07. The van der Waals surface area contributed by atoms with E-state index in [1.165, 1.54) is 0 Å². The lowest BCUT2D eigenvalue weighted by Crippen LogP contribution is -2.40. The maximum atomic E-state index is 12.1. The lowest BCUT2D eigenvalue weighted by atomic mass is 10.2. The van der Waals surface area contributed by atoms with Crippen LogP contribution in [0.25, 0.3) is 6.08 Å². The first-order chi connectivity index (χ1) is 10.5. The number of carboxylic acids is 1. The molecule has 1 aromatic carbocycles. The van der Waals surface area contributed by atoms with E-state index in [9.17, 15) is 14.7 Å². The van der Waals surface area contributed by atoms with Crippen molar-refractivity contribution in [2.45, 2.75) is 0 Å². The highest BCUT2D eigenvalue weighted by Crippen LogP contribution is 2.32. The first-order valence-corrected chi connectivity index (χ1v) is 7.52. The number of benzene rings is 1. The third-order valence-corrected chi connectivity index (χ3v) is 4.08. The fraction of sp³-hybridized carbons (Fsp3) is 0.133. The summed E-state index contributed by atoms with van der Waals surface area (Å²) in [7, 11) is 0. The molecule has 114 valence electrons. The number of amides is 1. The van der Waals surface area contributed by atoms with Crippen molar-refractivity contribution in [2.75, 3.05) is 13.2 Å². The number of rotatable bonds is 6. The Bertz CT molecular complexity index is 652. The highest BCUT2D eigenvalue weighted by molar-refractivity contribution is 8.26. The fourth-order valence-corrected chi connectivity index (χ4v) is 2.99. The van der Waals surface area contributed by atoms with Crippen LogP contribution in [0.1, 0.15) is 5.56 Å². The molecule has 1 saturated heterocycles. The van der Waals surface area contributed by atoms with Gasteiger partial charge in [0.25, 0.3) is 5.91 Å².